The minimum Gasteiger partial charge on any atom is -0.506 e. The number of non-ortho nitro benzene ring substituents is 1. The number of rotatable bonds is 6. The average Bonchev–Trinajstić information content (AvgIpc) is 2.55. The zero-order valence-corrected chi connectivity index (χ0v) is 13.1. The van der Waals surface area contributed by atoms with E-state index in [9.17, 15) is 24.8 Å². The third-order valence-corrected chi connectivity index (χ3v) is 3.46. The van der Waals surface area contributed by atoms with Gasteiger partial charge in [-0.15, -0.1) is 0 Å². The lowest BCUT2D eigenvalue weighted by Crippen LogP contribution is -2.13. The number of amides is 1. The molecule has 0 unspecified atom stereocenters. The molecule has 7 nitrogen and oxygen atoms in total. The van der Waals surface area contributed by atoms with Crippen LogP contribution in [0.3, 0.4) is 0 Å². The lowest BCUT2D eigenvalue weighted by atomic mass is 10.1. The van der Waals surface area contributed by atoms with Crippen molar-refractivity contribution < 1.29 is 19.6 Å². The highest BCUT2D eigenvalue weighted by Gasteiger charge is 2.14. The molecule has 0 aliphatic rings. The molecule has 124 valence electrons. The molecule has 0 aromatic heterocycles. The van der Waals surface area contributed by atoms with Gasteiger partial charge in [0.25, 0.3) is 5.69 Å². The van der Waals surface area contributed by atoms with E-state index in [0.29, 0.717) is 10.6 Å². The third kappa shape index (κ3) is 4.53. The number of nitro benzene ring substituents is 1. The standard InChI is InChI=1S/C16H13ClN2O5/c17-11-3-1-10(2-4-11)14(20)7-8-16(22)18-13-9-12(19(23)24)5-6-15(13)21/h1-6,9,21H,7-8H2,(H,18,22). The van der Waals surface area contributed by atoms with Crippen molar-refractivity contribution in [3.63, 3.8) is 0 Å². The maximum absolute atomic E-state index is 12.0. The minimum atomic E-state index is -0.640. The zero-order valence-electron chi connectivity index (χ0n) is 12.4. The summed E-state index contributed by atoms with van der Waals surface area (Å²) in [5, 5.41) is 23.2. The molecule has 0 fully saturated rings. The van der Waals surface area contributed by atoms with E-state index >= 15 is 0 Å². The van der Waals surface area contributed by atoms with Crippen LogP contribution in [0.2, 0.25) is 5.02 Å². The van der Waals surface area contributed by atoms with Crippen molar-refractivity contribution >= 4 is 34.7 Å². The number of hydrogen-bond donors (Lipinski definition) is 2. The van der Waals surface area contributed by atoms with Crippen LogP contribution in [-0.4, -0.2) is 21.7 Å². The number of nitrogens with one attached hydrogen (secondary N) is 1. The first-order valence-corrected chi connectivity index (χ1v) is 7.30. The molecular weight excluding hydrogens is 336 g/mol. The fourth-order valence-electron chi connectivity index (χ4n) is 1.96. The zero-order chi connectivity index (χ0) is 17.7. The highest BCUT2D eigenvalue weighted by Crippen LogP contribution is 2.28. The Labute approximate surface area is 142 Å². The number of phenolic OH excluding ortho intramolecular Hbond substituents is 1. The predicted octanol–water partition coefficient (Wildman–Crippen LogP) is 3.56. The van der Waals surface area contributed by atoms with Gasteiger partial charge in [0.2, 0.25) is 5.91 Å². The first-order valence-electron chi connectivity index (χ1n) is 6.93. The Morgan fingerprint density at radius 2 is 1.79 bits per heavy atom. The number of ketones is 1. The van der Waals surface area contributed by atoms with Crippen LogP contribution < -0.4 is 5.32 Å². The van der Waals surface area contributed by atoms with E-state index in [2.05, 4.69) is 5.32 Å². The largest absolute Gasteiger partial charge is 0.506 e. The summed E-state index contributed by atoms with van der Waals surface area (Å²) in [6.07, 6.45) is -0.160. The predicted molar refractivity (Wildman–Crippen MR) is 88.4 cm³/mol. The summed E-state index contributed by atoms with van der Waals surface area (Å²) in [6.45, 7) is 0. The lowest BCUT2D eigenvalue weighted by Gasteiger charge is -2.07. The van der Waals surface area contributed by atoms with Crippen molar-refractivity contribution in [3.8, 4) is 5.75 Å². The van der Waals surface area contributed by atoms with E-state index in [1.807, 2.05) is 0 Å². The topological polar surface area (TPSA) is 110 Å². The number of halogens is 1. The van der Waals surface area contributed by atoms with E-state index in [1.165, 1.54) is 0 Å². The van der Waals surface area contributed by atoms with Crippen molar-refractivity contribution in [2.45, 2.75) is 12.8 Å². The number of hydrogen-bond acceptors (Lipinski definition) is 5. The fraction of sp³-hybridized carbons (Fsp3) is 0.125. The highest BCUT2D eigenvalue weighted by atomic mass is 35.5. The van der Waals surface area contributed by atoms with Gasteiger partial charge in [-0.05, 0) is 30.3 Å². The molecule has 0 spiro atoms. The Kier molecular flexibility index (Phi) is 5.49. The van der Waals surface area contributed by atoms with Gasteiger partial charge in [-0.1, -0.05) is 11.6 Å². The maximum Gasteiger partial charge on any atom is 0.271 e. The van der Waals surface area contributed by atoms with E-state index in [1.54, 1.807) is 24.3 Å². The summed E-state index contributed by atoms with van der Waals surface area (Å²) >= 11 is 5.74. The first-order chi connectivity index (χ1) is 11.4. The van der Waals surface area contributed by atoms with E-state index < -0.39 is 10.8 Å². The maximum atomic E-state index is 12.0. The van der Waals surface area contributed by atoms with Gasteiger partial charge in [0.1, 0.15) is 5.75 Å². The summed E-state index contributed by atoms with van der Waals surface area (Å²) in [7, 11) is 0. The molecular formula is C16H13ClN2O5. The molecule has 0 radical (unpaired) electrons. The van der Waals surface area contributed by atoms with Gasteiger partial charge >= 0.3 is 0 Å². The lowest BCUT2D eigenvalue weighted by molar-refractivity contribution is -0.384. The first kappa shape index (κ1) is 17.4. The second-order valence-corrected chi connectivity index (χ2v) is 5.37. The van der Waals surface area contributed by atoms with Crippen LogP contribution in [0.25, 0.3) is 0 Å². The Bertz CT molecular complexity index is 790. The Balaban J connectivity index is 1.96. The second-order valence-electron chi connectivity index (χ2n) is 4.94. The van der Waals surface area contributed by atoms with Crippen molar-refractivity contribution in [2.75, 3.05) is 5.32 Å². The molecule has 0 heterocycles. The molecule has 2 aromatic rings. The van der Waals surface area contributed by atoms with E-state index in [0.717, 1.165) is 18.2 Å². The summed E-state index contributed by atoms with van der Waals surface area (Å²) in [5.74, 6) is -1.06. The number of phenols is 1. The molecule has 2 rings (SSSR count). The smallest absolute Gasteiger partial charge is 0.271 e. The van der Waals surface area contributed by atoms with Gasteiger partial charge in [0.15, 0.2) is 5.78 Å². The van der Waals surface area contributed by atoms with Crippen LogP contribution >= 0.6 is 11.6 Å². The molecule has 0 bridgehead atoms. The van der Waals surface area contributed by atoms with Crippen LogP contribution in [0.1, 0.15) is 23.2 Å². The van der Waals surface area contributed by atoms with Crippen molar-refractivity contribution in [2.24, 2.45) is 0 Å². The number of nitrogens with zero attached hydrogens (tertiary/aromatic N) is 1. The van der Waals surface area contributed by atoms with Crippen LogP contribution in [0.4, 0.5) is 11.4 Å². The van der Waals surface area contributed by atoms with Gasteiger partial charge in [-0.3, -0.25) is 19.7 Å². The summed E-state index contributed by atoms with van der Waals surface area (Å²) in [5.41, 5.74) is 0.0962. The number of carbonyl (C=O) groups is 2. The van der Waals surface area contributed by atoms with Gasteiger partial charge in [0, 0.05) is 35.6 Å². The number of anilines is 1. The minimum absolute atomic E-state index is 0.0385. The molecule has 0 saturated carbocycles. The molecule has 0 aliphatic heterocycles. The van der Waals surface area contributed by atoms with Gasteiger partial charge in [-0.25, -0.2) is 0 Å². The van der Waals surface area contributed by atoms with Crippen molar-refractivity contribution in [3.05, 3.63) is 63.2 Å². The van der Waals surface area contributed by atoms with Crippen LogP contribution in [0.5, 0.6) is 5.75 Å². The highest BCUT2D eigenvalue weighted by molar-refractivity contribution is 6.30. The van der Waals surface area contributed by atoms with Gasteiger partial charge in [-0.2, -0.15) is 0 Å². The van der Waals surface area contributed by atoms with Crippen molar-refractivity contribution in [1.29, 1.82) is 0 Å². The molecule has 1 amide bonds. The van der Waals surface area contributed by atoms with Gasteiger partial charge in [0.05, 0.1) is 10.6 Å². The third-order valence-electron chi connectivity index (χ3n) is 3.21. The summed E-state index contributed by atoms with van der Waals surface area (Å²) in [4.78, 5) is 33.9. The fourth-order valence-corrected chi connectivity index (χ4v) is 2.08. The summed E-state index contributed by atoms with van der Waals surface area (Å²) < 4.78 is 0. The van der Waals surface area contributed by atoms with Crippen molar-refractivity contribution in [1.82, 2.24) is 0 Å². The normalized spacial score (nSPS) is 10.2. The SMILES string of the molecule is O=C(CCC(=O)c1ccc(Cl)cc1)Nc1cc([N+](=O)[O-])ccc1O. The number of benzene rings is 2. The van der Waals surface area contributed by atoms with E-state index in [-0.39, 0.29) is 35.7 Å². The second kappa shape index (κ2) is 7.56. The summed E-state index contributed by atoms with van der Waals surface area (Å²) in [6, 6.07) is 9.58. The average molecular weight is 349 g/mol. The van der Waals surface area contributed by atoms with E-state index in [4.69, 9.17) is 11.6 Å². The molecule has 0 atom stereocenters. The van der Waals surface area contributed by atoms with Gasteiger partial charge < -0.3 is 10.4 Å². The molecule has 8 heteroatoms. The molecule has 2 aromatic carbocycles. The monoisotopic (exact) mass is 348 g/mol. The number of nitro groups is 1. The molecule has 0 saturated heterocycles. The Morgan fingerprint density at radius 3 is 2.42 bits per heavy atom. The van der Waals surface area contributed by atoms with Crippen LogP contribution in [0.15, 0.2) is 42.5 Å². The Hall–Kier alpha value is -2.93. The Morgan fingerprint density at radius 1 is 1.12 bits per heavy atom. The number of Topliss-reactive ketones (excluding diaryl/α,β-unsaturated/α-hetero) is 1. The molecule has 24 heavy (non-hydrogen) atoms. The number of carbonyl (C=O) groups excluding carboxylic acids is 2. The number of aromatic hydroxyl groups is 1. The van der Waals surface area contributed by atoms with Crippen LogP contribution in [0, 0.1) is 10.1 Å². The molecule has 0 aliphatic carbocycles. The molecule has 2 N–H and O–H groups in total. The van der Waals surface area contributed by atoms with Crippen LogP contribution in [-0.2, 0) is 4.79 Å². The quantitative estimate of drug-likeness (QED) is 0.359.